The van der Waals surface area contributed by atoms with Crippen LogP contribution in [0.15, 0.2) is 16.4 Å². The van der Waals surface area contributed by atoms with E-state index in [1.54, 1.807) is 0 Å². The molecule has 0 aliphatic heterocycles. The van der Waals surface area contributed by atoms with Gasteiger partial charge in [-0.25, -0.2) is 9.19 Å². The number of hydrogen-bond donors (Lipinski definition) is 0. The van der Waals surface area contributed by atoms with Gasteiger partial charge >= 0.3 is 5.51 Å². The molecule has 86 valence electrons. The Balaban J connectivity index is 3.14. The quantitative estimate of drug-likeness (QED) is 0.789. The van der Waals surface area contributed by atoms with Crippen molar-refractivity contribution in [3.05, 3.63) is 6.20 Å². The molecule has 1 heterocycles. The second kappa shape index (κ2) is 4.05. The summed E-state index contributed by atoms with van der Waals surface area (Å²) in [4.78, 5) is 3.42. The summed E-state index contributed by atoms with van der Waals surface area (Å²) in [6.45, 7) is 0. The molecule has 4 nitrogen and oxygen atoms in total. The van der Waals surface area contributed by atoms with E-state index in [9.17, 15) is 21.6 Å². The van der Waals surface area contributed by atoms with Crippen LogP contribution in [0.1, 0.15) is 0 Å². The molecule has 15 heavy (non-hydrogen) atoms. The lowest BCUT2D eigenvalue weighted by atomic mass is 10.9. The zero-order valence-electron chi connectivity index (χ0n) is 7.74. The third kappa shape index (κ3) is 2.65. The Kier molecular flexibility index (Phi) is 3.34. The molecule has 0 radical (unpaired) electrons. The van der Waals surface area contributed by atoms with Crippen molar-refractivity contribution in [1.82, 2.24) is 9.55 Å². The Labute approximate surface area is 88.4 Å². The molecule has 0 fully saturated rings. The van der Waals surface area contributed by atoms with Crippen LogP contribution in [0.3, 0.4) is 0 Å². The average molecular weight is 260 g/mol. The van der Waals surface area contributed by atoms with Crippen molar-refractivity contribution in [3.8, 4) is 0 Å². The fourth-order valence-corrected chi connectivity index (χ4v) is 2.30. The average Bonchev–Trinajstić information content (AvgIpc) is 2.44. The molecular formula is C6H7F3N2O2S2. The first-order valence-corrected chi connectivity index (χ1v) is 6.29. The van der Waals surface area contributed by atoms with Gasteiger partial charge in [-0.15, -0.1) is 0 Å². The van der Waals surface area contributed by atoms with Crippen LogP contribution in [0.25, 0.3) is 0 Å². The van der Waals surface area contributed by atoms with E-state index in [1.165, 1.54) is 13.3 Å². The lowest BCUT2D eigenvalue weighted by molar-refractivity contribution is -0.0386. The maximum Gasteiger partial charge on any atom is 0.477 e. The van der Waals surface area contributed by atoms with Crippen LogP contribution in [0.4, 0.5) is 13.2 Å². The molecule has 0 bridgehead atoms. The summed E-state index contributed by atoms with van der Waals surface area (Å²) in [5.41, 5.74) is -4.85. The van der Waals surface area contributed by atoms with Crippen LogP contribution in [0.2, 0.25) is 0 Å². The van der Waals surface area contributed by atoms with Gasteiger partial charge in [-0.05, 0) is 0 Å². The first-order valence-electron chi connectivity index (χ1n) is 3.59. The van der Waals surface area contributed by atoms with Gasteiger partial charge in [0.1, 0.15) is 0 Å². The molecule has 9 heteroatoms. The van der Waals surface area contributed by atoms with Gasteiger partial charge in [-0.2, -0.15) is 13.2 Å². The Morgan fingerprint density at radius 2 is 1.93 bits per heavy atom. The molecule has 1 aromatic rings. The Morgan fingerprint density at radius 1 is 1.40 bits per heavy atom. The predicted molar refractivity (Wildman–Crippen MR) is 48.0 cm³/mol. The zero-order chi connectivity index (χ0) is 11.8. The summed E-state index contributed by atoms with van der Waals surface area (Å²) in [6, 6.07) is 0. The third-order valence-electron chi connectivity index (χ3n) is 1.47. The van der Waals surface area contributed by atoms with E-state index in [4.69, 9.17) is 0 Å². The number of alkyl halides is 3. The number of aryl methyl sites for hydroxylation is 1. The van der Waals surface area contributed by atoms with Crippen molar-refractivity contribution in [1.29, 1.82) is 0 Å². The Morgan fingerprint density at radius 3 is 2.27 bits per heavy atom. The molecule has 0 amide bonds. The molecule has 0 aliphatic carbocycles. The molecule has 1 aromatic heterocycles. The molecule has 1 rings (SSSR count). The van der Waals surface area contributed by atoms with Gasteiger partial charge in [0.05, 0.1) is 10.8 Å². The van der Waals surface area contributed by atoms with E-state index in [0.29, 0.717) is 0 Å². The van der Waals surface area contributed by atoms with Gasteiger partial charge in [-0.3, -0.25) is 4.21 Å². The van der Waals surface area contributed by atoms with Gasteiger partial charge in [0.15, 0.2) is 21.0 Å². The maximum absolute atomic E-state index is 12.1. The minimum atomic E-state index is -4.85. The normalized spacial score (nSPS) is 16.3. The smallest absolute Gasteiger partial charge is 0.326 e. The van der Waals surface area contributed by atoms with E-state index in [1.807, 2.05) is 0 Å². The first kappa shape index (κ1) is 12.4. The maximum atomic E-state index is 12.1. The first-order chi connectivity index (χ1) is 6.73. The molecule has 0 saturated carbocycles. The third-order valence-corrected chi connectivity index (χ3v) is 3.36. The van der Waals surface area contributed by atoms with Gasteiger partial charge in [-0.1, -0.05) is 0 Å². The minimum absolute atomic E-state index is 0.0393. The highest BCUT2D eigenvalue weighted by molar-refractivity contribution is 7.86. The monoisotopic (exact) mass is 260 g/mol. The van der Waals surface area contributed by atoms with Crippen molar-refractivity contribution in [2.75, 3.05) is 6.26 Å². The Hall–Kier alpha value is -0.700. The molecule has 2 unspecified atom stereocenters. The van der Waals surface area contributed by atoms with Crippen LogP contribution in [0.5, 0.6) is 0 Å². The summed E-state index contributed by atoms with van der Waals surface area (Å²) in [6.07, 6.45) is 2.24. The Bertz CT molecular complexity index is 427. The standard InChI is InChI=1S/C6H7F3N2O2S2/c1-11-3-4(10-5(11)14(2)12)15(13)6(7,8)9/h3H,1-2H3. The number of nitrogens with zero attached hydrogens (tertiary/aromatic N) is 2. The highest BCUT2D eigenvalue weighted by atomic mass is 32.2. The largest absolute Gasteiger partial charge is 0.477 e. The van der Waals surface area contributed by atoms with Crippen molar-refractivity contribution in [2.24, 2.45) is 7.05 Å². The van der Waals surface area contributed by atoms with E-state index in [2.05, 4.69) is 4.98 Å². The van der Waals surface area contributed by atoms with E-state index in [-0.39, 0.29) is 5.16 Å². The van der Waals surface area contributed by atoms with Gasteiger partial charge in [0.25, 0.3) is 0 Å². The molecule has 0 N–H and O–H groups in total. The van der Waals surface area contributed by atoms with Crippen molar-refractivity contribution >= 4 is 21.6 Å². The van der Waals surface area contributed by atoms with Crippen molar-refractivity contribution in [3.63, 3.8) is 0 Å². The highest BCUT2D eigenvalue weighted by Crippen LogP contribution is 2.25. The molecule has 2 atom stereocenters. The van der Waals surface area contributed by atoms with Gasteiger partial charge in [0.2, 0.25) is 0 Å². The van der Waals surface area contributed by atoms with Crippen molar-refractivity contribution in [2.45, 2.75) is 15.7 Å². The second-order valence-electron chi connectivity index (χ2n) is 2.64. The lowest BCUT2D eigenvalue weighted by Gasteiger charge is -2.01. The fraction of sp³-hybridized carbons (Fsp3) is 0.500. The number of rotatable bonds is 2. The molecule has 0 aliphatic rings. The molecular weight excluding hydrogens is 253 g/mol. The number of hydrogen-bond acceptors (Lipinski definition) is 3. The number of halogens is 3. The van der Waals surface area contributed by atoms with Crippen LogP contribution in [-0.2, 0) is 28.6 Å². The summed E-state index contributed by atoms with van der Waals surface area (Å²) in [5, 5.41) is -0.669. The number of imidazole rings is 1. The van der Waals surface area contributed by atoms with E-state index < -0.39 is 32.1 Å². The topological polar surface area (TPSA) is 52.0 Å². The number of aromatic nitrogens is 2. The van der Waals surface area contributed by atoms with E-state index in [0.717, 1.165) is 10.8 Å². The summed E-state index contributed by atoms with van der Waals surface area (Å²) >= 11 is 0. The molecule has 0 saturated heterocycles. The fourth-order valence-electron chi connectivity index (χ4n) is 0.898. The second-order valence-corrected chi connectivity index (χ2v) is 5.33. The summed E-state index contributed by atoms with van der Waals surface area (Å²) in [5.74, 6) is 0. The molecule has 0 spiro atoms. The van der Waals surface area contributed by atoms with Crippen LogP contribution in [-0.4, -0.2) is 29.7 Å². The van der Waals surface area contributed by atoms with Crippen LogP contribution >= 0.6 is 0 Å². The highest BCUT2D eigenvalue weighted by Gasteiger charge is 2.39. The van der Waals surface area contributed by atoms with Crippen molar-refractivity contribution < 1.29 is 21.6 Å². The van der Waals surface area contributed by atoms with E-state index >= 15 is 0 Å². The van der Waals surface area contributed by atoms with Gasteiger partial charge < -0.3 is 4.57 Å². The zero-order valence-corrected chi connectivity index (χ0v) is 9.37. The summed E-state index contributed by atoms with van der Waals surface area (Å²) < 4.78 is 59.2. The molecule has 0 aromatic carbocycles. The SMILES string of the molecule is Cn1cc(S(=O)C(F)(F)F)nc1S(C)=O. The summed E-state index contributed by atoms with van der Waals surface area (Å²) in [7, 11) is -3.30. The van der Waals surface area contributed by atoms with Gasteiger partial charge in [0, 0.05) is 19.5 Å². The lowest BCUT2D eigenvalue weighted by Crippen LogP contribution is -2.16. The minimum Gasteiger partial charge on any atom is -0.326 e. The predicted octanol–water partition coefficient (Wildman–Crippen LogP) is 0.785. The van der Waals surface area contributed by atoms with Crippen LogP contribution in [0, 0.1) is 0 Å². The van der Waals surface area contributed by atoms with Crippen LogP contribution < -0.4 is 0 Å².